The van der Waals surface area contributed by atoms with E-state index in [4.69, 9.17) is 5.73 Å². The van der Waals surface area contributed by atoms with Crippen LogP contribution in [0.15, 0.2) is 24.3 Å². The number of ketones is 1. The highest BCUT2D eigenvalue weighted by molar-refractivity contribution is 5.94. The summed E-state index contributed by atoms with van der Waals surface area (Å²) in [6.45, 7) is 3.42. The molecule has 0 aliphatic carbocycles. The van der Waals surface area contributed by atoms with Crippen LogP contribution in [-0.4, -0.2) is 18.9 Å². The maximum absolute atomic E-state index is 11.4. The van der Waals surface area contributed by atoms with Crippen molar-refractivity contribution < 1.29 is 4.79 Å². The molecule has 1 aromatic rings. The van der Waals surface area contributed by atoms with Crippen LogP contribution < -0.4 is 11.1 Å². The first-order chi connectivity index (χ1) is 8.70. The van der Waals surface area contributed by atoms with E-state index < -0.39 is 0 Å². The van der Waals surface area contributed by atoms with Crippen LogP contribution in [0, 0.1) is 5.92 Å². The van der Waals surface area contributed by atoms with Gasteiger partial charge >= 0.3 is 0 Å². The van der Waals surface area contributed by atoms with Crippen molar-refractivity contribution in [1.29, 1.82) is 0 Å². The number of Topliss-reactive ketones (excluding diaryl/α,β-unsaturated/α-hetero) is 1. The lowest BCUT2D eigenvalue weighted by atomic mass is 9.88. The van der Waals surface area contributed by atoms with Crippen molar-refractivity contribution in [1.82, 2.24) is 5.32 Å². The van der Waals surface area contributed by atoms with Crippen molar-refractivity contribution in [3.63, 3.8) is 0 Å². The Morgan fingerprint density at radius 3 is 2.89 bits per heavy atom. The summed E-state index contributed by atoms with van der Waals surface area (Å²) in [7, 11) is 0. The van der Waals surface area contributed by atoms with Gasteiger partial charge in [0.25, 0.3) is 0 Å². The van der Waals surface area contributed by atoms with Gasteiger partial charge in [-0.15, -0.1) is 0 Å². The van der Waals surface area contributed by atoms with Crippen LogP contribution in [0.3, 0.4) is 0 Å². The summed E-state index contributed by atoms with van der Waals surface area (Å²) in [5, 5.41) is 3.57. The molecule has 2 unspecified atom stereocenters. The molecular formula is C15H22N2O. The van der Waals surface area contributed by atoms with Crippen LogP contribution in [0.2, 0.25) is 0 Å². The van der Waals surface area contributed by atoms with E-state index in [1.807, 2.05) is 18.2 Å². The average Bonchev–Trinajstić information content (AvgIpc) is 2.40. The molecule has 18 heavy (non-hydrogen) atoms. The predicted molar refractivity (Wildman–Crippen MR) is 73.6 cm³/mol. The Labute approximate surface area is 109 Å². The van der Waals surface area contributed by atoms with Gasteiger partial charge in [-0.2, -0.15) is 0 Å². The first kappa shape index (κ1) is 13.2. The van der Waals surface area contributed by atoms with Gasteiger partial charge in [0.05, 0.1) is 0 Å². The van der Waals surface area contributed by atoms with E-state index in [2.05, 4.69) is 11.4 Å². The maximum Gasteiger partial charge on any atom is 0.159 e. The zero-order valence-corrected chi connectivity index (χ0v) is 11.0. The van der Waals surface area contributed by atoms with Gasteiger partial charge in [0.15, 0.2) is 5.78 Å². The quantitative estimate of drug-likeness (QED) is 0.801. The van der Waals surface area contributed by atoms with Gasteiger partial charge in [-0.3, -0.25) is 4.79 Å². The van der Waals surface area contributed by atoms with E-state index in [-0.39, 0.29) is 5.78 Å². The zero-order chi connectivity index (χ0) is 13.0. The second-order valence-corrected chi connectivity index (χ2v) is 5.16. The van der Waals surface area contributed by atoms with Crippen molar-refractivity contribution in [3.8, 4) is 0 Å². The van der Waals surface area contributed by atoms with Gasteiger partial charge < -0.3 is 11.1 Å². The Hall–Kier alpha value is -1.19. The van der Waals surface area contributed by atoms with Crippen molar-refractivity contribution >= 4 is 5.78 Å². The number of nitrogens with one attached hydrogen (secondary N) is 1. The van der Waals surface area contributed by atoms with Gasteiger partial charge in [-0.25, -0.2) is 0 Å². The van der Waals surface area contributed by atoms with E-state index in [1.165, 1.54) is 12.0 Å². The number of carbonyl (C=O) groups excluding carboxylic acids is 1. The molecule has 3 nitrogen and oxygen atoms in total. The van der Waals surface area contributed by atoms with E-state index >= 15 is 0 Å². The number of carbonyl (C=O) groups is 1. The van der Waals surface area contributed by atoms with E-state index in [0.717, 1.165) is 31.5 Å². The number of rotatable bonds is 4. The fourth-order valence-electron chi connectivity index (χ4n) is 2.66. The van der Waals surface area contributed by atoms with Crippen molar-refractivity contribution in [3.05, 3.63) is 35.4 Å². The van der Waals surface area contributed by atoms with Crippen LogP contribution in [-0.2, 0) is 0 Å². The number of nitrogens with two attached hydrogens (primary N) is 1. The van der Waals surface area contributed by atoms with Gasteiger partial charge in [-0.05, 0) is 56.8 Å². The summed E-state index contributed by atoms with van der Waals surface area (Å²) in [6.07, 6.45) is 3.46. The number of benzene rings is 1. The van der Waals surface area contributed by atoms with Gasteiger partial charge in [0.1, 0.15) is 0 Å². The molecule has 0 spiro atoms. The van der Waals surface area contributed by atoms with Crippen LogP contribution >= 0.6 is 0 Å². The molecule has 0 radical (unpaired) electrons. The average molecular weight is 246 g/mol. The summed E-state index contributed by atoms with van der Waals surface area (Å²) in [5.41, 5.74) is 7.63. The number of hydrogen-bond acceptors (Lipinski definition) is 3. The molecule has 1 aliphatic rings. The maximum atomic E-state index is 11.4. The molecule has 1 saturated heterocycles. The molecule has 1 aliphatic heterocycles. The fourth-order valence-corrected chi connectivity index (χ4v) is 2.66. The third-order valence-electron chi connectivity index (χ3n) is 3.79. The molecule has 98 valence electrons. The lowest BCUT2D eigenvalue weighted by Crippen LogP contribution is -2.34. The molecular weight excluding hydrogens is 224 g/mol. The Morgan fingerprint density at radius 2 is 2.28 bits per heavy atom. The largest absolute Gasteiger partial charge is 0.330 e. The highest BCUT2D eigenvalue weighted by atomic mass is 16.1. The van der Waals surface area contributed by atoms with Crippen LogP contribution in [0.25, 0.3) is 0 Å². The summed E-state index contributed by atoms with van der Waals surface area (Å²) < 4.78 is 0. The smallest absolute Gasteiger partial charge is 0.159 e. The van der Waals surface area contributed by atoms with Crippen LogP contribution in [0.5, 0.6) is 0 Å². The van der Waals surface area contributed by atoms with E-state index in [0.29, 0.717) is 12.0 Å². The molecule has 3 heteroatoms. The molecule has 3 N–H and O–H groups in total. The standard InChI is InChI=1S/C15H22N2O/c1-11(18)13-3-2-4-14(9-13)15-6-5-12(7-8-16)10-17-15/h2-4,9,12,15,17H,5-8,10,16H2,1H3. The first-order valence-electron chi connectivity index (χ1n) is 6.75. The minimum atomic E-state index is 0.133. The van der Waals surface area contributed by atoms with Crippen molar-refractivity contribution in [2.24, 2.45) is 11.7 Å². The Kier molecular flexibility index (Phi) is 4.50. The van der Waals surface area contributed by atoms with Crippen LogP contribution in [0.4, 0.5) is 0 Å². The van der Waals surface area contributed by atoms with Crippen molar-refractivity contribution in [2.75, 3.05) is 13.1 Å². The third kappa shape index (κ3) is 3.18. The molecule has 2 rings (SSSR count). The topological polar surface area (TPSA) is 55.1 Å². The minimum Gasteiger partial charge on any atom is -0.330 e. The lowest BCUT2D eigenvalue weighted by molar-refractivity contribution is 0.101. The van der Waals surface area contributed by atoms with Gasteiger partial charge in [-0.1, -0.05) is 18.2 Å². The molecule has 0 amide bonds. The van der Waals surface area contributed by atoms with Gasteiger partial charge in [0, 0.05) is 11.6 Å². The SMILES string of the molecule is CC(=O)c1cccc(C2CCC(CCN)CN2)c1. The Bertz CT molecular complexity index is 409. The summed E-state index contributed by atoms with van der Waals surface area (Å²) in [6, 6.07) is 8.36. The second-order valence-electron chi connectivity index (χ2n) is 5.16. The minimum absolute atomic E-state index is 0.133. The molecule has 2 atom stereocenters. The molecule has 1 heterocycles. The Morgan fingerprint density at radius 1 is 1.44 bits per heavy atom. The summed E-state index contributed by atoms with van der Waals surface area (Å²) in [4.78, 5) is 11.4. The summed E-state index contributed by atoms with van der Waals surface area (Å²) in [5.74, 6) is 0.843. The molecule has 0 bridgehead atoms. The number of hydrogen-bond donors (Lipinski definition) is 2. The first-order valence-corrected chi connectivity index (χ1v) is 6.75. The monoisotopic (exact) mass is 246 g/mol. The van der Waals surface area contributed by atoms with Crippen LogP contribution in [0.1, 0.15) is 48.1 Å². The highest BCUT2D eigenvalue weighted by Crippen LogP contribution is 2.27. The lowest BCUT2D eigenvalue weighted by Gasteiger charge is -2.30. The number of piperidine rings is 1. The molecule has 1 aromatic carbocycles. The second kappa shape index (κ2) is 6.12. The van der Waals surface area contributed by atoms with E-state index in [1.54, 1.807) is 6.92 Å². The third-order valence-corrected chi connectivity index (χ3v) is 3.79. The molecule has 0 aromatic heterocycles. The highest BCUT2D eigenvalue weighted by Gasteiger charge is 2.21. The predicted octanol–water partition coefficient (Wildman–Crippen LogP) is 2.28. The molecule has 0 saturated carbocycles. The zero-order valence-electron chi connectivity index (χ0n) is 11.0. The Balaban J connectivity index is 2.01. The fraction of sp³-hybridized carbons (Fsp3) is 0.533. The van der Waals surface area contributed by atoms with Crippen molar-refractivity contribution in [2.45, 2.75) is 32.2 Å². The van der Waals surface area contributed by atoms with E-state index in [9.17, 15) is 4.79 Å². The molecule has 1 fully saturated rings. The normalized spacial score (nSPS) is 23.9. The van der Waals surface area contributed by atoms with Gasteiger partial charge in [0.2, 0.25) is 0 Å². The summed E-state index contributed by atoms with van der Waals surface area (Å²) >= 11 is 0.